The molecule has 1 atom stereocenters. The van der Waals surface area contributed by atoms with Crippen molar-refractivity contribution in [3.63, 3.8) is 0 Å². The average Bonchev–Trinajstić information content (AvgIpc) is 2.02. The maximum Gasteiger partial charge on any atom is 0.305 e. The van der Waals surface area contributed by atoms with Gasteiger partial charge < -0.3 is 15.2 Å². The molecule has 0 saturated carbocycles. The number of hydrogen-bond acceptors (Lipinski definition) is 3. The number of carbonyl (C=O) groups is 1. The minimum atomic E-state index is -0.805. The Hall–Kier alpha value is -0.610. The highest BCUT2D eigenvalue weighted by Gasteiger charge is 2.34. The van der Waals surface area contributed by atoms with Crippen LogP contribution in [0.2, 0.25) is 0 Å². The van der Waals surface area contributed by atoms with Crippen LogP contribution in [0.1, 0.15) is 20.3 Å². The van der Waals surface area contributed by atoms with E-state index in [4.69, 9.17) is 9.84 Å². The number of methoxy groups -OCH3 is 1. The van der Waals surface area contributed by atoms with Gasteiger partial charge in [0.25, 0.3) is 0 Å². The van der Waals surface area contributed by atoms with Crippen LogP contribution in [0.3, 0.4) is 0 Å². The summed E-state index contributed by atoms with van der Waals surface area (Å²) >= 11 is 0. The van der Waals surface area contributed by atoms with Crippen molar-refractivity contribution in [1.29, 1.82) is 0 Å². The van der Waals surface area contributed by atoms with Gasteiger partial charge in [-0.15, -0.1) is 0 Å². The molecular weight excluding hydrogens is 170 g/mol. The Bertz CT molecular complexity index is 170. The predicted octanol–water partition coefficient (Wildman–Crippen LogP) is 0.722. The van der Waals surface area contributed by atoms with Crippen LogP contribution in [0.5, 0.6) is 0 Å². The Labute approximate surface area is 79.3 Å². The van der Waals surface area contributed by atoms with Crippen LogP contribution >= 0.6 is 0 Å². The molecule has 0 radical (unpaired) electrons. The molecular formula is C9H19NO3. The van der Waals surface area contributed by atoms with Gasteiger partial charge in [0.15, 0.2) is 0 Å². The molecule has 0 aliphatic rings. The van der Waals surface area contributed by atoms with Crippen LogP contribution < -0.4 is 5.32 Å². The van der Waals surface area contributed by atoms with Crippen molar-refractivity contribution in [1.82, 2.24) is 5.32 Å². The highest BCUT2D eigenvalue weighted by atomic mass is 16.5. The highest BCUT2D eigenvalue weighted by molar-refractivity contribution is 5.68. The van der Waals surface area contributed by atoms with Gasteiger partial charge in [-0.3, -0.25) is 4.79 Å². The molecule has 0 saturated heterocycles. The number of rotatable bonds is 6. The number of carboxylic acids is 1. The van der Waals surface area contributed by atoms with Gasteiger partial charge in [0.05, 0.1) is 18.6 Å². The Kier molecular flexibility index (Phi) is 4.95. The molecule has 1 unspecified atom stereocenters. The number of ether oxygens (including phenoxy) is 1. The highest BCUT2D eigenvalue weighted by Crippen LogP contribution is 2.21. The summed E-state index contributed by atoms with van der Waals surface area (Å²) in [6.45, 7) is 4.38. The minimum Gasteiger partial charge on any atom is -0.481 e. The second-order valence-corrected chi connectivity index (χ2v) is 3.56. The van der Waals surface area contributed by atoms with Gasteiger partial charge in [-0.05, 0) is 13.0 Å². The first-order chi connectivity index (χ1) is 5.98. The number of hydrogen-bond donors (Lipinski definition) is 2. The topological polar surface area (TPSA) is 58.6 Å². The monoisotopic (exact) mass is 189 g/mol. The van der Waals surface area contributed by atoms with Crippen molar-refractivity contribution in [2.24, 2.45) is 5.92 Å². The molecule has 2 N–H and O–H groups in total. The van der Waals surface area contributed by atoms with Crippen molar-refractivity contribution in [2.45, 2.75) is 25.8 Å². The van der Waals surface area contributed by atoms with Crippen molar-refractivity contribution in [3.8, 4) is 0 Å². The van der Waals surface area contributed by atoms with E-state index >= 15 is 0 Å². The van der Waals surface area contributed by atoms with Gasteiger partial charge in [-0.2, -0.15) is 0 Å². The van der Waals surface area contributed by atoms with E-state index in [1.54, 1.807) is 14.2 Å². The lowest BCUT2D eigenvalue weighted by atomic mass is 9.84. The molecule has 4 nitrogen and oxygen atoms in total. The second kappa shape index (κ2) is 5.19. The first-order valence-corrected chi connectivity index (χ1v) is 4.38. The van der Waals surface area contributed by atoms with E-state index in [2.05, 4.69) is 5.32 Å². The summed E-state index contributed by atoms with van der Waals surface area (Å²) in [5.41, 5.74) is -0.458. The zero-order valence-electron chi connectivity index (χ0n) is 8.76. The third-order valence-electron chi connectivity index (χ3n) is 2.47. The molecule has 0 rings (SSSR count). The second-order valence-electron chi connectivity index (χ2n) is 3.56. The standard InChI is InChI=1S/C9H19NO3/c1-7(2)9(10-3,6-13-4)5-8(11)12/h7,10H,5-6H2,1-4H3,(H,11,12). The number of aliphatic carboxylic acids is 1. The predicted molar refractivity (Wildman–Crippen MR) is 50.8 cm³/mol. The van der Waals surface area contributed by atoms with Gasteiger partial charge in [-0.25, -0.2) is 0 Å². The van der Waals surface area contributed by atoms with Gasteiger partial charge in [0.2, 0.25) is 0 Å². The van der Waals surface area contributed by atoms with Crippen LogP contribution in [-0.4, -0.2) is 37.4 Å². The number of likely N-dealkylation sites (N-methyl/N-ethyl adjacent to an activating group) is 1. The van der Waals surface area contributed by atoms with Crippen LogP contribution in [-0.2, 0) is 9.53 Å². The smallest absolute Gasteiger partial charge is 0.305 e. The Morgan fingerprint density at radius 3 is 2.38 bits per heavy atom. The maximum atomic E-state index is 10.7. The summed E-state index contributed by atoms with van der Waals surface area (Å²) in [6, 6.07) is 0. The summed E-state index contributed by atoms with van der Waals surface area (Å²) < 4.78 is 5.03. The molecule has 13 heavy (non-hydrogen) atoms. The van der Waals surface area contributed by atoms with Gasteiger partial charge >= 0.3 is 5.97 Å². The van der Waals surface area contributed by atoms with Crippen molar-refractivity contribution >= 4 is 5.97 Å². The fourth-order valence-corrected chi connectivity index (χ4v) is 1.40. The lowest BCUT2D eigenvalue weighted by Crippen LogP contribution is -2.52. The van der Waals surface area contributed by atoms with E-state index < -0.39 is 11.5 Å². The Balaban J connectivity index is 4.53. The quantitative estimate of drug-likeness (QED) is 0.646. The van der Waals surface area contributed by atoms with E-state index in [1.807, 2.05) is 13.8 Å². The molecule has 0 aromatic heterocycles. The van der Waals surface area contributed by atoms with E-state index in [9.17, 15) is 4.79 Å². The van der Waals surface area contributed by atoms with Crippen LogP contribution in [0.4, 0.5) is 0 Å². The summed E-state index contributed by atoms with van der Waals surface area (Å²) in [7, 11) is 3.35. The normalized spacial score (nSPS) is 15.8. The van der Waals surface area contributed by atoms with Crippen molar-refractivity contribution < 1.29 is 14.6 Å². The molecule has 78 valence electrons. The fourth-order valence-electron chi connectivity index (χ4n) is 1.40. The number of carboxylic acid groups (broad SMARTS) is 1. The Morgan fingerprint density at radius 1 is 1.62 bits per heavy atom. The lowest BCUT2D eigenvalue weighted by Gasteiger charge is -2.35. The molecule has 4 heteroatoms. The van der Waals surface area contributed by atoms with Crippen LogP contribution in [0, 0.1) is 5.92 Å². The van der Waals surface area contributed by atoms with E-state index in [1.165, 1.54) is 0 Å². The summed E-state index contributed by atoms with van der Waals surface area (Å²) in [5, 5.41) is 11.8. The molecule has 0 aromatic carbocycles. The molecule has 0 bridgehead atoms. The summed E-state index contributed by atoms with van der Waals surface area (Å²) in [4.78, 5) is 10.7. The van der Waals surface area contributed by atoms with Crippen LogP contribution in [0.15, 0.2) is 0 Å². The third kappa shape index (κ3) is 3.32. The van der Waals surface area contributed by atoms with Crippen LogP contribution in [0.25, 0.3) is 0 Å². The maximum absolute atomic E-state index is 10.7. The Morgan fingerprint density at radius 2 is 2.15 bits per heavy atom. The molecule has 0 fully saturated rings. The van der Waals surface area contributed by atoms with Gasteiger partial charge in [0, 0.05) is 7.11 Å². The summed E-state index contributed by atoms with van der Waals surface area (Å²) in [5.74, 6) is -0.589. The van der Waals surface area contributed by atoms with E-state index in [0.29, 0.717) is 6.61 Å². The lowest BCUT2D eigenvalue weighted by molar-refractivity contribution is -0.140. The van der Waals surface area contributed by atoms with E-state index in [-0.39, 0.29) is 12.3 Å². The minimum absolute atomic E-state index is 0.0784. The van der Waals surface area contributed by atoms with Gasteiger partial charge in [0.1, 0.15) is 0 Å². The first-order valence-electron chi connectivity index (χ1n) is 4.38. The average molecular weight is 189 g/mol. The third-order valence-corrected chi connectivity index (χ3v) is 2.47. The molecule has 0 heterocycles. The molecule has 0 spiro atoms. The van der Waals surface area contributed by atoms with E-state index in [0.717, 1.165) is 0 Å². The SMILES string of the molecule is CNC(COC)(CC(=O)O)C(C)C. The number of nitrogens with one attached hydrogen (secondary N) is 1. The molecule has 0 aliphatic heterocycles. The molecule has 0 aromatic rings. The molecule has 0 amide bonds. The zero-order valence-corrected chi connectivity index (χ0v) is 8.76. The zero-order chi connectivity index (χ0) is 10.5. The largest absolute Gasteiger partial charge is 0.481 e. The van der Waals surface area contributed by atoms with Crippen molar-refractivity contribution in [3.05, 3.63) is 0 Å². The fraction of sp³-hybridized carbons (Fsp3) is 0.889. The van der Waals surface area contributed by atoms with Crippen molar-refractivity contribution in [2.75, 3.05) is 20.8 Å². The first kappa shape index (κ1) is 12.4. The summed E-state index contributed by atoms with van der Waals surface area (Å²) in [6.07, 6.45) is 0.0784. The van der Waals surface area contributed by atoms with Gasteiger partial charge in [-0.1, -0.05) is 13.8 Å². The molecule has 0 aliphatic carbocycles.